The number of likely N-dealkylation sites (tertiary alicyclic amines) is 1. The fourth-order valence-corrected chi connectivity index (χ4v) is 2.37. The lowest BCUT2D eigenvalue weighted by molar-refractivity contribution is -0.161. The van der Waals surface area contributed by atoms with E-state index in [0.717, 1.165) is 4.90 Å². The molecule has 1 saturated heterocycles. The van der Waals surface area contributed by atoms with E-state index in [-0.39, 0.29) is 0 Å². The van der Waals surface area contributed by atoms with Gasteiger partial charge in [-0.25, -0.2) is 4.79 Å². The molecular formula is C13H15ClN2O4. The standard InChI is InChI=1S/C13H15ClN2O4/c1-15-9-5-7(4-8(14)6-9)11(17)12(18)16-3-2-10(16)13(19)20/h4-6,10-11,15,17H,2-3H2,1H3,(H,19,20). The van der Waals surface area contributed by atoms with E-state index >= 15 is 0 Å². The molecule has 7 heteroatoms. The Morgan fingerprint density at radius 1 is 1.45 bits per heavy atom. The van der Waals surface area contributed by atoms with Gasteiger partial charge in [0.15, 0.2) is 6.10 Å². The van der Waals surface area contributed by atoms with Crippen molar-refractivity contribution in [1.82, 2.24) is 4.90 Å². The number of carboxylic acids is 1. The van der Waals surface area contributed by atoms with Gasteiger partial charge in [0.1, 0.15) is 6.04 Å². The molecule has 1 amide bonds. The lowest BCUT2D eigenvalue weighted by Crippen LogP contribution is -2.56. The first kappa shape index (κ1) is 14.6. The summed E-state index contributed by atoms with van der Waals surface area (Å²) in [6.45, 7) is 0.340. The summed E-state index contributed by atoms with van der Waals surface area (Å²) in [6.07, 6.45) is -1.01. The van der Waals surface area contributed by atoms with Crippen molar-refractivity contribution < 1.29 is 19.8 Å². The van der Waals surface area contributed by atoms with Crippen LogP contribution >= 0.6 is 11.6 Å². The number of nitrogens with one attached hydrogen (secondary N) is 1. The zero-order valence-corrected chi connectivity index (χ0v) is 11.6. The summed E-state index contributed by atoms with van der Waals surface area (Å²) in [5, 5.41) is 22.3. The van der Waals surface area contributed by atoms with Crippen LogP contribution in [0, 0.1) is 0 Å². The average molecular weight is 299 g/mol. The van der Waals surface area contributed by atoms with Gasteiger partial charge >= 0.3 is 5.97 Å². The Morgan fingerprint density at radius 3 is 2.65 bits per heavy atom. The van der Waals surface area contributed by atoms with E-state index in [4.69, 9.17) is 16.7 Å². The highest BCUT2D eigenvalue weighted by Crippen LogP contribution is 2.27. The predicted molar refractivity (Wildman–Crippen MR) is 73.7 cm³/mol. The van der Waals surface area contributed by atoms with E-state index in [1.165, 1.54) is 6.07 Å². The zero-order chi connectivity index (χ0) is 14.9. The van der Waals surface area contributed by atoms with Crippen molar-refractivity contribution >= 4 is 29.2 Å². The first-order chi connectivity index (χ1) is 9.43. The number of halogens is 1. The number of anilines is 1. The van der Waals surface area contributed by atoms with Crippen LogP contribution in [0.1, 0.15) is 18.1 Å². The Balaban J connectivity index is 2.18. The van der Waals surface area contributed by atoms with Crippen LogP contribution in [0.2, 0.25) is 5.02 Å². The summed E-state index contributed by atoms with van der Waals surface area (Å²) in [4.78, 5) is 24.2. The Bertz CT molecular complexity index is 549. The Kier molecular flexibility index (Phi) is 4.15. The van der Waals surface area contributed by atoms with Crippen molar-refractivity contribution in [1.29, 1.82) is 0 Å². The lowest BCUT2D eigenvalue weighted by Gasteiger charge is -2.39. The number of carbonyl (C=O) groups is 2. The van der Waals surface area contributed by atoms with Crippen LogP contribution in [0.25, 0.3) is 0 Å². The fraction of sp³-hybridized carbons (Fsp3) is 0.385. The van der Waals surface area contributed by atoms with Crippen molar-refractivity contribution in [3.63, 3.8) is 0 Å². The summed E-state index contributed by atoms with van der Waals surface area (Å²) in [6, 6.07) is 3.90. The molecule has 3 N–H and O–H groups in total. The first-order valence-corrected chi connectivity index (χ1v) is 6.51. The van der Waals surface area contributed by atoms with Gasteiger partial charge in [0, 0.05) is 24.3 Å². The molecular weight excluding hydrogens is 284 g/mol. The minimum Gasteiger partial charge on any atom is -0.480 e. The molecule has 1 aliphatic rings. The molecule has 1 aromatic carbocycles. The molecule has 0 spiro atoms. The largest absolute Gasteiger partial charge is 0.480 e. The second kappa shape index (κ2) is 5.68. The number of carboxylic acid groups (broad SMARTS) is 1. The van der Waals surface area contributed by atoms with Gasteiger partial charge in [-0.1, -0.05) is 11.6 Å². The fourth-order valence-electron chi connectivity index (χ4n) is 2.12. The zero-order valence-electron chi connectivity index (χ0n) is 10.8. The summed E-state index contributed by atoms with van der Waals surface area (Å²) in [5.41, 5.74) is 1.00. The molecule has 0 bridgehead atoms. The van der Waals surface area contributed by atoms with E-state index in [9.17, 15) is 14.7 Å². The molecule has 2 atom stereocenters. The monoisotopic (exact) mass is 298 g/mol. The number of benzene rings is 1. The molecule has 1 heterocycles. The van der Waals surface area contributed by atoms with Gasteiger partial charge in [-0.15, -0.1) is 0 Å². The van der Waals surface area contributed by atoms with Crippen LogP contribution in [0.15, 0.2) is 18.2 Å². The quantitative estimate of drug-likeness (QED) is 0.774. The van der Waals surface area contributed by atoms with Crippen molar-refractivity contribution in [3.8, 4) is 0 Å². The van der Waals surface area contributed by atoms with Crippen molar-refractivity contribution in [2.45, 2.75) is 18.6 Å². The SMILES string of the molecule is CNc1cc(Cl)cc(C(O)C(=O)N2CCC2C(=O)O)c1. The molecule has 2 rings (SSSR count). The maximum Gasteiger partial charge on any atom is 0.326 e. The van der Waals surface area contributed by atoms with Crippen LogP contribution in [0.5, 0.6) is 0 Å². The van der Waals surface area contributed by atoms with Crippen LogP contribution in [0.3, 0.4) is 0 Å². The van der Waals surface area contributed by atoms with E-state index < -0.39 is 24.0 Å². The second-order valence-corrected chi connectivity index (χ2v) is 5.04. The average Bonchev–Trinajstić information content (AvgIpc) is 2.34. The number of aliphatic carboxylic acids is 1. The lowest BCUT2D eigenvalue weighted by atomic mass is 9.99. The number of carbonyl (C=O) groups excluding carboxylic acids is 1. The second-order valence-electron chi connectivity index (χ2n) is 4.60. The number of aliphatic hydroxyl groups is 1. The molecule has 0 aromatic heterocycles. The molecule has 2 unspecified atom stereocenters. The molecule has 6 nitrogen and oxygen atoms in total. The van der Waals surface area contributed by atoms with E-state index in [2.05, 4.69) is 5.32 Å². The van der Waals surface area contributed by atoms with Crippen molar-refractivity contribution in [2.24, 2.45) is 0 Å². The number of rotatable bonds is 4. The van der Waals surface area contributed by atoms with Crippen LogP contribution in [0.4, 0.5) is 5.69 Å². The normalized spacial score (nSPS) is 19.1. The minimum atomic E-state index is -1.41. The number of amides is 1. The Labute approximate surface area is 121 Å². The first-order valence-electron chi connectivity index (χ1n) is 6.13. The number of nitrogens with zero attached hydrogens (tertiary/aromatic N) is 1. The summed E-state index contributed by atoms with van der Waals surface area (Å²) >= 11 is 5.91. The molecule has 20 heavy (non-hydrogen) atoms. The third kappa shape index (κ3) is 2.71. The molecule has 0 aliphatic carbocycles. The minimum absolute atomic E-state index is 0.336. The van der Waals surface area contributed by atoms with Gasteiger partial charge in [-0.3, -0.25) is 4.79 Å². The Morgan fingerprint density at radius 2 is 2.15 bits per heavy atom. The van der Waals surface area contributed by atoms with Crippen LogP contribution < -0.4 is 5.32 Å². The maximum absolute atomic E-state index is 12.1. The number of hydrogen-bond donors (Lipinski definition) is 3. The van der Waals surface area contributed by atoms with Crippen LogP contribution in [-0.2, 0) is 9.59 Å². The van der Waals surface area contributed by atoms with Gasteiger partial charge in [-0.2, -0.15) is 0 Å². The van der Waals surface area contributed by atoms with Gasteiger partial charge < -0.3 is 20.4 Å². The topological polar surface area (TPSA) is 89.9 Å². The molecule has 1 aliphatic heterocycles. The molecule has 0 radical (unpaired) electrons. The highest BCUT2D eigenvalue weighted by atomic mass is 35.5. The van der Waals surface area contributed by atoms with Gasteiger partial charge in [0.05, 0.1) is 0 Å². The number of hydrogen-bond acceptors (Lipinski definition) is 4. The molecule has 0 saturated carbocycles. The number of aliphatic hydroxyl groups excluding tert-OH is 1. The third-order valence-electron chi connectivity index (χ3n) is 3.35. The Hall–Kier alpha value is -1.79. The highest BCUT2D eigenvalue weighted by molar-refractivity contribution is 6.31. The van der Waals surface area contributed by atoms with E-state index in [1.807, 2.05) is 0 Å². The third-order valence-corrected chi connectivity index (χ3v) is 3.56. The van der Waals surface area contributed by atoms with E-state index in [1.54, 1.807) is 19.2 Å². The highest BCUT2D eigenvalue weighted by Gasteiger charge is 2.40. The molecule has 1 fully saturated rings. The van der Waals surface area contributed by atoms with Gasteiger partial charge in [0.2, 0.25) is 0 Å². The molecule has 1 aromatic rings. The smallest absolute Gasteiger partial charge is 0.326 e. The summed E-state index contributed by atoms with van der Waals surface area (Å²) in [7, 11) is 1.69. The summed E-state index contributed by atoms with van der Waals surface area (Å²) in [5.74, 6) is -1.67. The summed E-state index contributed by atoms with van der Waals surface area (Å²) < 4.78 is 0. The van der Waals surface area contributed by atoms with Gasteiger partial charge in [-0.05, 0) is 30.2 Å². The maximum atomic E-state index is 12.1. The van der Waals surface area contributed by atoms with E-state index in [0.29, 0.717) is 29.2 Å². The molecule has 108 valence electrons. The van der Waals surface area contributed by atoms with Crippen LogP contribution in [-0.4, -0.2) is 46.6 Å². The van der Waals surface area contributed by atoms with Crippen molar-refractivity contribution in [3.05, 3.63) is 28.8 Å². The van der Waals surface area contributed by atoms with Crippen molar-refractivity contribution in [2.75, 3.05) is 18.9 Å². The van der Waals surface area contributed by atoms with Gasteiger partial charge in [0.25, 0.3) is 5.91 Å². The predicted octanol–water partition coefficient (Wildman–Crippen LogP) is 1.10.